The number of thiazole rings is 1. The van der Waals surface area contributed by atoms with Gasteiger partial charge in [-0.3, -0.25) is 9.59 Å². The molecule has 12 heavy (non-hydrogen) atoms. The third-order valence-corrected chi connectivity index (χ3v) is 2.05. The second kappa shape index (κ2) is 3.96. The predicted octanol–water partition coefficient (Wildman–Crippen LogP) is 1.30. The van der Waals surface area contributed by atoms with Crippen LogP contribution in [0.15, 0.2) is 6.20 Å². The second-order valence-corrected chi connectivity index (χ2v) is 3.15. The Labute approximate surface area is 73.6 Å². The summed E-state index contributed by atoms with van der Waals surface area (Å²) in [6, 6.07) is 0. The van der Waals surface area contributed by atoms with Crippen LogP contribution in [0.2, 0.25) is 0 Å². The topological polar surface area (TPSA) is 59.1 Å². The van der Waals surface area contributed by atoms with Crippen molar-refractivity contribution in [3.05, 3.63) is 11.1 Å². The third-order valence-electron chi connectivity index (χ3n) is 1.21. The number of nitrogens with zero attached hydrogens (tertiary/aromatic N) is 1. The van der Waals surface area contributed by atoms with Crippen LogP contribution in [0.25, 0.3) is 0 Å². The molecular formula is C7H8N2O2S. The van der Waals surface area contributed by atoms with E-state index >= 15 is 0 Å². The summed E-state index contributed by atoms with van der Waals surface area (Å²) < 4.78 is 0. The van der Waals surface area contributed by atoms with E-state index in [-0.39, 0.29) is 5.91 Å². The van der Waals surface area contributed by atoms with E-state index in [2.05, 4.69) is 10.3 Å². The molecule has 1 amide bonds. The molecule has 0 aromatic carbocycles. The normalized spacial score (nSPS) is 9.42. The molecule has 1 rings (SSSR count). The van der Waals surface area contributed by atoms with Crippen LogP contribution in [0.1, 0.15) is 23.0 Å². The van der Waals surface area contributed by atoms with Crippen molar-refractivity contribution >= 4 is 28.7 Å². The molecule has 0 saturated carbocycles. The summed E-state index contributed by atoms with van der Waals surface area (Å²) in [4.78, 5) is 25.4. The predicted molar refractivity (Wildman–Crippen MR) is 46.4 cm³/mol. The summed E-state index contributed by atoms with van der Waals surface area (Å²) in [5, 5.41) is 3.03. The molecule has 0 spiro atoms. The van der Waals surface area contributed by atoms with Crippen LogP contribution in [0.5, 0.6) is 0 Å². The highest BCUT2D eigenvalue weighted by atomic mass is 32.1. The van der Waals surface area contributed by atoms with Crippen LogP contribution in [-0.4, -0.2) is 17.2 Å². The fourth-order valence-corrected chi connectivity index (χ4v) is 1.25. The van der Waals surface area contributed by atoms with Crippen molar-refractivity contribution in [3.8, 4) is 0 Å². The zero-order valence-corrected chi connectivity index (χ0v) is 7.35. The molecule has 0 saturated heterocycles. The lowest BCUT2D eigenvalue weighted by Crippen LogP contribution is -2.08. The molecule has 1 N–H and O–H groups in total. The highest BCUT2D eigenvalue weighted by Crippen LogP contribution is 2.15. The Balaban J connectivity index is 2.63. The first kappa shape index (κ1) is 8.86. The number of hydrogen-bond acceptors (Lipinski definition) is 4. The summed E-state index contributed by atoms with van der Waals surface area (Å²) in [5.41, 5.74) is 0. The van der Waals surface area contributed by atoms with E-state index in [0.29, 0.717) is 22.7 Å². The third kappa shape index (κ3) is 2.13. The molecule has 0 fully saturated rings. The van der Waals surface area contributed by atoms with Gasteiger partial charge >= 0.3 is 0 Å². The molecule has 0 aliphatic rings. The van der Waals surface area contributed by atoms with Gasteiger partial charge in [0.2, 0.25) is 5.91 Å². The smallest absolute Gasteiger partial charge is 0.225 e. The van der Waals surface area contributed by atoms with Crippen molar-refractivity contribution < 1.29 is 9.59 Å². The fourth-order valence-electron chi connectivity index (χ4n) is 0.607. The van der Waals surface area contributed by atoms with Gasteiger partial charge in [-0.15, -0.1) is 0 Å². The minimum absolute atomic E-state index is 0.0956. The van der Waals surface area contributed by atoms with Crippen LogP contribution in [-0.2, 0) is 4.79 Å². The molecule has 1 heterocycles. The van der Waals surface area contributed by atoms with Crippen LogP contribution in [0.4, 0.5) is 5.13 Å². The SMILES string of the molecule is CCC(=O)Nc1ncc(C=O)s1. The lowest BCUT2D eigenvalue weighted by molar-refractivity contribution is -0.115. The first-order valence-electron chi connectivity index (χ1n) is 3.47. The number of rotatable bonds is 3. The molecule has 0 aliphatic heterocycles. The average Bonchev–Trinajstić information content (AvgIpc) is 2.52. The second-order valence-electron chi connectivity index (χ2n) is 2.09. The number of aromatic nitrogens is 1. The van der Waals surface area contributed by atoms with Gasteiger partial charge in [0.15, 0.2) is 11.4 Å². The Morgan fingerprint density at radius 3 is 3.08 bits per heavy atom. The van der Waals surface area contributed by atoms with E-state index in [1.165, 1.54) is 17.5 Å². The van der Waals surface area contributed by atoms with Crippen molar-refractivity contribution in [1.29, 1.82) is 0 Å². The minimum Gasteiger partial charge on any atom is -0.302 e. The zero-order valence-electron chi connectivity index (χ0n) is 6.53. The van der Waals surface area contributed by atoms with Gasteiger partial charge in [0.05, 0.1) is 11.1 Å². The molecule has 0 aliphatic carbocycles. The fraction of sp³-hybridized carbons (Fsp3) is 0.286. The Bertz CT molecular complexity index is 295. The van der Waals surface area contributed by atoms with E-state index in [1.54, 1.807) is 6.92 Å². The lowest BCUT2D eigenvalue weighted by Gasteiger charge is -1.95. The molecule has 1 aromatic heterocycles. The number of carbonyl (C=O) groups is 2. The largest absolute Gasteiger partial charge is 0.302 e. The first-order chi connectivity index (χ1) is 5.76. The highest BCUT2D eigenvalue weighted by molar-refractivity contribution is 7.17. The molecule has 4 nitrogen and oxygen atoms in total. The van der Waals surface area contributed by atoms with E-state index in [4.69, 9.17) is 0 Å². The van der Waals surface area contributed by atoms with Gasteiger partial charge in [0.1, 0.15) is 0 Å². The van der Waals surface area contributed by atoms with Crippen LogP contribution < -0.4 is 5.32 Å². The summed E-state index contributed by atoms with van der Waals surface area (Å²) >= 11 is 1.17. The maximum Gasteiger partial charge on any atom is 0.225 e. The molecule has 1 aromatic rings. The number of aldehydes is 1. The van der Waals surface area contributed by atoms with E-state index < -0.39 is 0 Å². The molecular weight excluding hydrogens is 176 g/mol. The van der Waals surface area contributed by atoms with E-state index in [9.17, 15) is 9.59 Å². The van der Waals surface area contributed by atoms with Crippen LogP contribution >= 0.6 is 11.3 Å². The summed E-state index contributed by atoms with van der Waals surface area (Å²) in [6.07, 6.45) is 2.55. The number of carbonyl (C=O) groups excluding carboxylic acids is 2. The number of nitrogens with one attached hydrogen (secondary N) is 1. The molecule has 64 valence electrons. The van der Waals surface area contributed by atoms with Gasteiger partial charge in [-0.1, -0.05) is 18.3 Å². The minimum atomic E-state index is -0.0956. The highest BCUT2D eigenvalue weighted by Gasteiger charge is 2.03. The number of amides is 1. The van der Waals surface area contributed by atoms with Gasteiger partial charge < -0.3 is 5.32 Å². The zero-order chi connectivity index (χ0) is 8.97. The van der Waals surface area contributed by atoms with Crippen LogP contribution in [0, 0.1) is 0 Å². The Morgan fingerprint density at radius 1 is 1.83 bits per heavy atom. The Kier molecular flexibility index (Phi) is 2.93. The van der Waals surface area contributed by atoms with Gasteiger partial charge in [0.25, 0.3) is 0 Å². The standard InChI is InChI=1S/C7H8N2O2S/c1-2-6(11)9-7-8-3-5(4-10)12-7/h3-4H,2H2,1H3,(H,8,9,11). The summed E-state index contributed by atoms with van der Waals surface area (Å²) in [7, 11) is 0. The monoisotopic (exact) mass is 184 g/mol. The van der Waals surface area contributed by atoms with Crippen molar-refractivity contribution in [2.75, 3.05) is 5.32 Å². The summed E-state index contributed by atoms with van der Waals surface area (Å²) in [6.45, 7) is 1.75. The number of anilines is 1. The van der Waals surface area contributed by atoms with Gasteiger partial charge in [0, 0.05) is 6.42 Å². The van der Waals surface area contributed by atoms with Crippen molar-refractivity contribution in [2.24, 2.45) is 0 Å². The quantitative estimate of drug-likeness (QED) is 0.720. The molecule has 0 unspecified atom stereocenters. The number of hydrogen-bond donors (Lipinski definition) is 1. The van der Waals surface area contributed by atoms with Crippen molar-refractivity contribution in [2.45, 2.75) is 13.3 Å². The van der Waals surface area contributed by atoms with Crippen LogP contribution in [0.3, 0.4) is 0 Å². The maximum absolute atomic E-state index is 10.8. The van der Waals surface area contributed by atoms with Gasteiger partial charge in [-0.05, 0) is 0 Å². The molecule has 5 heteroatoms. The molecule has 0 radical (unpaired) electrons. The van der Waals surface area contributed by atoms with E-state index in [0.717, 1.165) is 0 Å². The summed E-state index contributed by atoms with van der Waals surface area (Å²) in [5.74, 6) is -0.0956. The van der Waals surface area contributed by atoms with Gasteiger partial charge in [-0.25, -0.2) is 4.98 Å². The van der Waals surface area contributed by atoms with E-state index in [1.807, 2.05) is 0 Å². The Hall–Kier alpha value is -1.23. The maximum atomic E-state index is 10.8. The molecule has 0 bridgehead atoms. The van der Waals surface area contributed by atoms with Crippen molar-refractivity contribution in [3.63, 3.8) is 0 Å². The van der Waals surface area contributed by atoms with Crippen molar-refractivity contribution in [1.82, 2.24) is 4.98 Å². The van der Waals surface area contributed by atoms with Gasteiger partial charge in [-0.2, -0.15) is 0 Å². The average molecular weight is 184 g/mol. The Morgan fingerprint density at radius 2 is 2.58 bits per heavy atom. The lowest BCUT2D eigenvalue weighted by atomic mass is 10.5. The molecule has 0 atom stereocenters. The first-order valence-corrected chi connectivity index (χ1v) is 4.28.